The Morgan fingerprint density at radius 3 is 2.09 bits per heavy atom. The molecule has 3 rings (SSSR count). The van der Waals surface area contributed by atoms with E-state index in [1.54, 1.807) is 24.3 Å². The van der Waals surface area contributed by atoms with Crippen LogP contribution >= 0.6 is 0 Å². The minimum Gasteiger partial charge on any atom is -0.379 e. The lowest BCUT2D eigenvalue weighted by Gasteiger charge is -2.31. The lowest BCUT2D eigenvalue weighted by molar-refractivity contribution is -0.184. The van der Waals surface area contributed by atoms with Gasteiger partial charge >= 0.3 is 12.4 Å². The Bertz CT molecular complexity index is 934. The van der Waals surface area contributed by atoms with Crippen LogP contribution in [-0.4, -0.2) is 24.9 Å². The first kappa shape index (κ1) is 25.2. The zero-order valence-corrected chi connectivity index (χ0v) is 17.4. The predicted molar refractivity (Wildman–Crippen MR) is 106 cm³/mol. The smallest absolute Gasteiger partial charge is 0.379 e. The molecule has 0 radical (unpaired) electrons. The summed E-state index contributed by atoms with van der Waals surface area (Å²) in [5, 5.41) is 11.1. The number of aliphatic hydroxyl groups is 1. The SMILES string of the molecule is C=CC(O)(COCc1cc(C(F)(F)F)cc(C(F)(F)F)c1)c1ccccc1C1OCCCO1. The molecule has 0 bridgehead atoms. The summed E-state index contributed by atoms with van der Waals surface area (Å²) in [5.41, 5.74) is -4.15. The van der Waals surface area contributed by atoms with Crippen LogP contribution < -0.4 is 0 Å². The average Bonchev–Trinajstić information content (AvgIpc) is 2.78. The molecular weight excluding hydrogens is 454 g/mol. The minimum atomic E-state index is -4.96. The molecule has 1 aliphatic rings. The van der Waals surface area contributed by atoms with Gasteiger partial charge in [-0.1, -0.05) is 36.9 Å². The number of halogens is 6. The fourth-order valence-electron chi connectivity index (χ4n) is 3.44. The van der Waals surface area contributed by atoms with Crippen molar-refractivity contribution in [3.8, 4) is 0 Å². The Morgan fingerprint density at radius 2 is 1.55 bits per heavy atom. The van der Waals surface area contributed by atoms with E-state index in [1.165, 1.54) is 6.08 Å². The van der Waals surface area contributed by atoms with Crippen molar-refractivity contribution >= 4 is 0 Å². The molecule has 2 aromatic carbocycles. The summed E-state index contributed by atoms with van der Waals surface area (Å²) in [6.45, 7) is 3.45. The molecule has 0 aliphatic carbocycles. The van der Waals surface area contributed by atoms with Crippen LogP contribution in [0.3, 0.4) is 0 Å². The van der Waals surface area contributed by atoms with E-state index in [4.69, 9.17) is 14.2 Å². The van der Waals surface area contributed by atoms with E-state index >= 15 is 0 Å². The molecule has 1 unspecified atom stereocenters. The van der Waals surface area contributed by atoms with E-state index < -0.39 is 48.6 Å². The van der Waals surface area contributed by atoms with Crippen molar-refractivity contribution in [1.82, 2.24) is 0 Å². The van der Waals surface area contributed by atoms with Crippen molar-refractivity contribution in [2.75, 3.05) is 19.8 Å². The molecule has 1 saturated heterocycles. The fraction of sp³-hybridized carbons (Fsp3) is 0.391. The lowest BCUT2D eigenvalue weighted by Crippen LogP contribution is -2.32. The number of alkyl halides is 6. The van der Waals surface area contributed by atoms with E-state index in [9.17, 15) is 31.4 Å². The summed E-state index contributed by atoms with van der Waals surface area (Å²) < 4.78 is 94.9. The van der Waals surface area contributed by atoms with Crippen molar-refractivity contribution < 1.29 is 45.7 Å². The van der Waals surface area contributed by atoms with Gasteiger partial charge in [-0.3, -0.25) is 0 Å². The van der Waals surface area contributed by atoms with Gasteiger partial charge in [0.2, 0.25) is 0 Å². The minimum absolute atomic E-state index is 0.0456. The van der Waals surface area contributed by atoms with Crippen LogP contribution in [0.25, 0.3) is 0 Å². The van der Waals surface area contributed by atoms with Gasteiger partial charge < -0.3 is 19.3 Å². The molecule has 1 fully saturated rings. The molecule has 1 heterocycles. The van der Waals surface area contributed by atoms with Crippen molar-refractivity contribution in [2.45, 2.75) is 37.3 Å². The molecule has 2 aromatic rings. The first-order chi connectivity index (χ1) is 15.4. The van der Waals surface area contributed by atoms with Crippen LogP contribution in [0.4, 0.5) is 26.3 Å². The second kappa shape index (κ2) is 9.84. The Balaban J connectivity index is 1.81. The Hall–Kier alpha value is -2.40. The number of ether oxygens (including phenoxy) is 3. The van der Waals surface area contributed by atoms with Crippen molar-refractivity contribution in [3.63, 3.8) is 0 Å². The van der Waals surface area contributed by atoms with E-state index in [0.717, 1.165) is 0 Å². The number of rotatable bonds is 7. The molecular formula is C23H22F6O4. The molecule has 33 heavy (non-hydrogen) atoms. The summed E-state index contributed by atoms with van der Waals surface area (Å²) in [7, 11) is 0. The van der Waals surface area contributed by atoms with Gasteiger partial charge in [0, 0.05) is 5.56 Å². The van der Waals surface area contributed by atoms with Gasteiger partial charge in [0.05, 0.1) is 37.6 Å². The molecule has 1 aliphatic heterocycles. The molecule has 10 heteroatoms. The molecule has 0 aromatic heterocycles. The second-order valence-corrected chi connectivity index (χ2v) is 7.55. The largest absolute Gasteiger partial charge is 0.416 e. The van der Waals surface area contributed by atoms with E-state index in [2.05, 4.69) is 6.58 Å². The van der Waals surface area contributed by atoms with Gasteiger partial charge in [-0.2, -0.15) is 26.3 Å². The Labute approximate surface area is 186 Å². The van der Waals surface area contributed by atoms with Crippen LogP contribution in [0.1, 0.15) is 40.5 Å². The third kappa shape index (κ3) is 6.14. The van der Waals surface area contributed by atoms with Crippen LogP contribution in [0.15, 0.2) is 55.1 Å². The highest BCUT2D eigenvalue weighted by atomic mass is 19.4. The fourth-order valence-corrected chi connectivity index (χ4v) is 3.44. The summed E-state index contributed by atoms with van der Waals surface area (Å²) in [5.74, 6) is 0. The summed E-state index contributed by atoms with van der Waals surface area (Å²) in [6, 6.07) is 7.85. The highest BCUT2D eigenvalue weighted by molar-refractivity contribution is 5.37. The van der Waals surface area contributed by atoms with Crippen LogP contribution in [-0.2, 0) is 38.8 Å². The van der Waals surface area contributed by atoms with Gasteiger partial charge in [0.1, 0.15) is 5.60 Å². The normalized spacial score (nSPS) is 17.5. The Morgan fingerprint density at radius 1 is 0.970 bits per heavy atom. The number of hydrogen-bond acceptors (Lipinski definition) is 4. The van der Waals surface area contributed by atoms with Gasteiger partial charge in [-0.05, 0) is 35.7 Å². The third-order valence-corrected chi connectivity index (χ3v) is 5.08. The maximum Gasteiger partial charge on any atom is 0.416 e. The summed E-state index contributed by atoms with van der Waals surface area (Å²) in [6.07, 6.45) is -8.76. The van der Waals surface area contributed by atoms with E-state index in [-0.39, 0.29) is 11.6 Å². The lowest BCUT2D eigenvalue weighted by atomic mass is 9.90. The standard InChI is InChI=1S/C23H22F6O4/c1-2-21(30,19-7-4-3-6-18(19)20-32-8-5-9-33-20)14-31-13-15-10-16(22(24,25)26)12-17(11-15)23(27,28)29/h2-4,6-7,10-12,20,30H,1,5,8-9,13-14H2. The second-order valence-electron chi connectivity index (χ2n) is 7.55. The van der Waals surface area contributed by atoms with Crippen LogP contribution in [0.5, 0.6) is 0 Å². The van der Waals surface area contributed by atoms with E-state index in [0.29, 0.717) is 42.9 Å². The van der Waals surface area contributed by atoms with Crippen molar-refractivity contribution in [1.29, 1.82) is 0 Å². The molecule has 0 amide bonds. The topological polar surface area (TPSA) is 47.9 Å². The van der Waals surface area contributed by atoms with Gasteiger partial charge in [0.25, 0.3) is 0 Å². The van der Waals surface area contributed by atoms with Gasteiger partial charge in [-0.25, -0.2) is 0 Å². The summed E-state index contributed by atoms with van der Waals surface area (Å²) in [4.78, 5) is 0. The monoisotopic (exact) mass is 476 g/mol. The maximum absolute atomic E-state index is 13.1. The first-order valence-electron chi connectivity index (χ1n) is 9.99. The maximum atomic E-state index is 13.1. The highest BCUT2D eigenvalue weighted by Crippen LogP contribution is 2.37. The quantitative estimate of drug-likeness (QED) is 0.409. The number of benzene rings is 2. The zero-order valence-electron chi connectivity index (χ0n) is 17.4. The third-order valence-electron chi connectivity index (χ3n) is 5.08. The molecule has 0 spiro atoms. The number of hydrogen-bond donors (Lipinski definition) is 1. The van der Waals surface area contributed by atoms with Crippen molar-refractivity contribution in [3.05, 3.63) is 82.9 Å². The molecule has 4 nitrogen and oxygen atoms in total. The average molecular weight is 476 g/mol. The first-order valence-corrected chi connectivity index (χ1v) is 9.99. The molecule has 0 saturated carbocycles. The van der Waals surface area contributed by atoms with E-state index in [1.807, 2.05) is 0 Å². The zero-order chi connectivity index (χ0) is 24.3. The molecule has 1 atom stereocenters. The van der Waals surface area contributed by atoms with Gasteiger partial charge in [-0.15, -0.1) is 0 Å². The Kier molecular flexibility index (Phi) is 7.52. The van der Waals surface area contributed by atoms with Gasteiger partial charge in [0.15, 0.2) is 6.29 Å². The molecule has 1 N–H and O–H groups in total. The van der Waals surface area contributed by atoms with Crippen LogP contribution in [0.2, 0.25) is 0 Å². The predicted octanol–water partition coefficient (Wildman–Crippen LogP) is 5.75. The summed E-state index contributed by atoms with van der Waals surface area (Å²) >= 11 is 0. The van der Waals surface area contributed by atoms with Crippen LogP contribution in [0, 0.1) is 0 Å². The highest BCUT2D eigenvalue weighted by Gasteiger charge is 2.37. The van der Waals surface area contributed by atoms with Crippen molar-refractivity contribution in [2.24, 2.45) is 0 Å². The molecule has 180 valence electrons.